The number of benzene rings is 1. The summed E-state index contributed by atoms with van der Waals surface area (Å²) in [5.74, 6) is 0. The molecule has 3 rings (SSSR count). The van der Waals surface area contributed by atoms with Crippen LogP contribution in [0.3, 0.4) is 0 Å². The highest BCUT2D eigenvalue weighted by Crippen LogP contribution is 2.28. The summed E-state index contributed by atoms with van der Waals surface area (Å²) in [6, 6.07) is 8.59. The van der Waals surface area contributed by atoms with Gasteiger partial charge in [0, 0.05) is 43.8 Å². The van der Waals surface area contributed by atoms with Crippen LogP contribution < -0.4 is 0 Å². The van der Waals surface area contributed by atoms with Crippen molar-refractivity contribution in [3.05, 3.63) is 34.3 Å². The van der Waals surface area contributed by atoms with Crippen LogP contribution in [-0.4, -0.2) is 42.0 Å². The van der Waals surface area contributed by atoms with Crippen LogP contribution in [0.25, 0.3) is 0 Å². The van der Waals surface area contributed by atoms with Gasteiger partial charge >= 0.3 is 0 Å². The quantitative estimate of drug-likeness (QED) is 0.849. The predicted octanol–water partition coefficient (Wildman–Crippen LogP) is 2.49. The van der Waals surface area contributed by atoms with Crippen molar-refractivity contribution in [2.24, 2.45) is 0 Å². The summed E-state index contributed by atoms with van der Waals surface area (Å²) in [4.78, 5) is 5.06. The van der Waals surface area contributed by atoms with Crippen molar-refractivity contribution in [3.8, 4) is 6.07 Å². The van der Waals surface area contributed by atoms with Crippen LogP contribution in [0, 0.1) is 11.3 Å². The van der Waals surface area contributed by atoms with E-state index in [1.54, 1.807) is 6.07 Å². The van der Waals surface area contributed by atoms with Crippen molar-refractivity contribution >= 4 is 11.6 Å². The Hall–Kier alpha value is -1.08. The van der Waals surface area contributed by atoms with Gasteiger partial charge in [-0.2, -0.15) is 5.26 Å². The largest absolute Gasteiger partial charge is 0.298 e. The molecular formula is C15H18ClN3. The van der Waals surface area contributed by atoms with E-state index in [-0.39, 0.29) is 0 Å². The van der Waals surface area contributed by atoms with Gasteiger partial charge in [0.1, 0.15) is 0 Å². The first kappa shape index (κ1) is 12.9. The maximum absolute atomic E-state index is 8.84. The normalized spacial score (nSPS) is 21.3. The number of piperazine rings is 1. The highest BCUT2D eigenvalue weighted by atomic mass is 35.5. The smallest absolute Gasteiger partial charge is 0.0992 e. The second kappa shape index (κ2) is 5.50. The van der Waals surface area contributed by atoms with E-state index in [9.17, 15) is 0 Å². The molecule has 1 aromatic carbocycles. The summed E-state index contributed by atoms with van der Waals surface area (Å²) >= 11 is 6.23. The minimum atomic E-state index is 0.632. The lowest BCUT2D eigenvalue weighted by Crippen LogP contribution is -2.46. The van der Waals surface area contributed by atoms with Gasteiger partial charge in [-0.3, -0.25) is 9.80 Å². The van der Waals surface area contributed by atoms with E-state index >= 15 is 0 Å². The summed E-state index contributed by atoms with van der Waals surface area (Å²) in [7, 11) is 0. The fourth-order valence-corrected chi connectivity index (χ4v) is 2.95. The molecule has 0 radical (unpaired) electrons. The highest BCUT2D eigenvalue weighted by Gasteiger charge is 2.31. The molecule has 0 bridgehead atoms. The zero-order chi connectivity index (χ0) is 13.2. The van der Waals surface area contributed by atoms with Crippen LogP contribution in [0.4, 0.5) is 0 Å². The van der Waals surface area contributed by atoms with Crippen molar-refractivity contribution in [3.63, 3.8) is 0 Å². The average molecular weight is 276 g/mol. The van der Waals surface area contributed by atoms with Crippen molar-refractivity contribution in [1.82, 2.24) is 9.80 Å². The fraction of sp³-hybridized carbons (Fsp3) is 0.533. The van der Waals surface area contributed by atoms with Crippen molar-refractivity contribution in [2.75, 3.05) is 26.2 Å². The molecule has 1 saturated heterocycles. The van der Waals surface area contributed by atoms with Gasteiger partial charge < -0.3 is 0 Å². The van der Waals surface area contributed by atoms with Gasteiger partial charge in [0.2, 0.25) is 0 Å². The summed E-state index contributed by atoms with van der Waals surface area (Å²) in [5, 5.41) is 9.55. The Morgan fingerprint density at radius 3 is 2.53 bits per heavy atom. The number of rotatable bonds is 3. The Kier molecular flexibility index (Phi) is 3.74. The van der Waals surface area contributed by atoms with E-state index in [1.807, 2.05) is 12.1 Å². The summed E-state index contributed by atoms with van der Waals surface area (Å²) in [6.45, 7) is 5.49. The molecule has 19 heavy (non-hydrogen) atoms. The predicted molar refractivity (Wildman–Crippen MR) is 76.0 cm³/mol. The van der Waals surface area contributed by atoms with E-state index in [2.05, 4.69) is 15.9 Å². The first-order valence-electron chi connectivity index (χ1n) is 6.91. The standard InChI is InChI=1S/C15H18ClN3/c16-15-9-12(10-17)1-2-13(15)11-18-5-7-19(8-6-18)14-3-4-14/h1-2,9,14H,3-8,11H2. The SMILES string of the molecule is N#Cc1ccc(CN2CCN(C3CC3)CC2)c(Cl)c1. The van der Waals surface area contributed by atoms with E-state index in [0.717, 1.165) is 31.2 Å². The van der Waals surface area contributed by atoms with Gasteiger partial charge in [-0.05, 0) is 30.5 Å². The van der Waals surface area contributed by atoms with Gasteiger partial charge in [-0.1, -0.05) is 17.7 Å². The lowest BCUT2D eigenvalue weighted by atomic mass is 10.1. The Balaban J connectivity index is 1.58. The molecule has 0 spiro atoms. The van der Waals surface area contributed by atoms with E-state index in [0.29, 0.717) is 10.6 Å². The maximum Gasteiger partial charge on any atom is 0.0992 e. The van der Waals surface area contributed by atoms with Gasteiger partial charge in [0.25, 0.3) is 0 Å². The molecule has 1 heterocycles. The molecule has 0 amide bonds. The molecule has 1 aromatic rings. The van der Waals surface area contributed by atoms with Gasteiger partial charge in [0.15, 0.2) is 0 Å². The molecule has 100 valence electrons. The van der Waals surface area contributed by atoms with Crippen LogP contribution >= 0.6 is 11.6 Å². The van der Waals surface area contributed by atoms with Crippen LogP contribution in [-0.2, 0) is 6.54 Å². The number of hydrogen-bond donors (Lipinski definition) is 0. The van der Waals surface area contributed by atoms with Crippen LogP contribution in [0.1, 0.15) is 24.0 Å². The number of halogens is 1. The van der Waals surface area contributed by atoms with Gasteiger partial charge in [0.05, 0.1) is 11.6 Å². The zero-order valence-electron chi connectivity index (χ0n) is 11.0. The van der Waals surface area contributed by atoms with Gasteiger partial charge in [-0.15, -0.1) is 0 Å². The molecule has 0 atom stereocenters. The van der Waals surface area contributed by atoms with E-state index < -0.39 is 0 Å². The third-order valence-electron chi connectivity index (χ3n) is 4.05. The van der Waals surface area contributed by atoms with Gasteiger partial charge in [-0.25, -0.2) is 0 Å². The molecule has 1 aliphatic heterocycles. The summed E-state index contributed by atoms with van der Waals surface area (Å²) in [6.07, 6.45) is 2.78. The number of nitrogens with zero attached hydrogens (tertiary/aromatic N) is 3. The Morgan fingerprint density at radius 2 is 1.95 bits per heavy atom. The summed E-state index contributed by atoms with van der Waals surface area (Å²) in [5.41, 5.74) is 1.76. The molecule has 4 heteroatoms. The second-order valence-electron chi connectivity index (χ2n) is 5.46. The third kappa shape index (κ3) is 3.09. The third-order valence-corrected chi connectivity index (χ3v) is 4.40. The zero-order valence-corrected chi connectivity index (χ0v) is 11.7. The Morgan fingerprint density at radius 1 is 1.21 bits per heavy atom. The lowest BCUT2D eigenvalue weighted by molar-refractivity contribution is 0.121. The number of hydrogen-bond acceptors (Lipinski definition) is 3. The molecule has 1 saturated carbocycles. The molecular weight excluding hydrogens is 258 g/mol. The highest BCUT2D eigenvalue weighted by molar-refractivity contribution is 6.31. The molecule has 2 aliphatic rings. The van der Waals surface area contributed by atoms with Crippen LogP contribution in [0.2, 0.25) is 5.02 Å². The number of nitriles is 1. The molecule has 1 aliphatic carbocycles. The first-order chi connectivity index (χ1) is 9.26. The monoisotopic (exact) mass is 275 g/mol. The van der Waals surface area contributed by atoms with Crippen molar-refractivity contribution in [1.29, 1.82) is 5.26 Å². The molecule has 0 aromatic heterocycles. The van der Waals surface area contributed by atoms with E-state index in [1.165, 1.54) is 25.9 Å². The molecule has 2 fully saturated rings. The fourth-order valence-electron chi connectivity index (χ4n) is 2.71. The Labute approximate surface area is 119 Å². The maximum atomic E-state index is 8.84. The van der Waals surface area contributed by atoms with Crippen molar-refractivity contribution < 1.29 is 0 Å². The second-order valence-corrected chi connectivity index (χ2v) is 5.87. The minimum Gasteiger partial charge on any atom is -0.298 e. The summed E-state index contributed by atoms with van der Waals surface area (Å²) < 4.78 is 0. The minimum absolute atomic E-state index is 0.632. The lowest BCUT2D eigenvalue weighted by Gasteiger charge is -2.34. The molecule has 0 N–H and O–H groups in total. The molecule has 0 unspecified atom stereocenters. The Bertz CT molecular complexity index is 497. The van der Waals surface area contributed by atoms with Crippen molar-refractivity contribution in [2.45, 2.75) is 25.4 Å². The van der Waals surface area contributed by atoms with Crippen LogP contribution in [0.15, 0.2) is 18.2 Å². The van der Waals surface area contributed by atoms with Crippen LogP contribution in [0.5, 0.6) is 0 Å². The van der Waals surface area contributed by atoms with E-state index in [4.69, 9.17) is 16.9 Å². The first-order valence-corrected chi connectivity index (χ1v) is 7.29. The average Bonchev–Trinajstić information content (AvgIpc) is 3.26. The topological polar surface area (TPSA) is 30.3 Å². The molecule has 3 nitrogen and oxygen atoms in total.